The number of benzene rings is 2. The Balaban J connectivity index is 1.73. The van der Waals surface area contributed by atoms with Crippen molar-refractivity contribution >= 4 is 28.5 Å². The van der Waals surface area contributed by atoms with Crippen LogP contribution in [0, 0.1) is 0 Å². The van der Waals surface area contributed by atoms with Crippen LogP contribution in [-0.2, 0) is 17.8 Å². The van der Waals surface area contributed by atoms with E-state index in [-0.39, 0.29) is 11.9 Å². The third-order valence-electron chi connectivity index (χ3n) is 4.96. The second-order valence-electron chi connectivity index (χ2n) is 7.26. The Labute approximate surface area is 171 Å². The molecule has 0 radical (unpaired) electrons. The molecule has 0 bridgehead atoms. The molecule has 1 amide bonds. The summed E-state index contributed by atoms with van der Waals surface area (Å²) < 4.78 is 2.26. The van der Waals surface area contributed by atoms with Gasteiger partial charge in [-0.2, -0.15) is 0 Å². The molecule has 0 saturated carbocycles. The van der Waals surface area contributed by atoms with Crippen LogP contribution in [0.4, 0.5) is 0 Å². The lowest BCUT2D eigenvalue weighted by atomic mass is 10.1. The van der Waals surface area contributed by atoms with Gasteiger partial charge in [-0.15, -0.1) is 0 Å². The Morgan fingerprint density at radius 3 is 2.61 bits per heavy atom. The second kappa shape index (κ2) is 9.74. The summed E-state index contributed by atoms with van der Waals surface area (Å²) in [5.41, 5.74) is 3.06. The van der Waals surface area contributed by atoms with E-state index in [0.717, 1.165) is 35.4 Å². The van der Waals surface area contributed by atoms with Gasteiger partial charge in [0.25, 0.3) is 0 Å². The number of carbonyl (C=O) groups excluding carboxylic acids is 1. The number of imidazole rings is 1. The smallest absolute Gasteiger partial charge is 0.224 e. The molecule has 0 fully saturated rings. The number of hydrogen-bond donors (Lipinski definition) is 1. The van der Waals surface area contributed by atoms with Crippen LogP contribution >= 0.6 is 11.6 Å². The Bertz CT molecular complexity index is 917. The van der Waals surface area contributed by atoms with Crippen LogP contribution in [0.1, 0.15) is 57.0 Å². The molecule has 4 nitrogen and oxygen atoms in total. The van der Waals surface area contributed by atoms with Crippen LogP contribution in [0.5, 0.6) is 0 Å². The van der Waals surface area contributed by atoms with Crippen molar-refractivity contribution in [2.45, 2.75) is 58.5 Å². The Kier molecular flexibility index (Phi) is 7.10. The molecule has 1 aromatic heterocycles. The summed E-state index contributed by atoms with van der Waals surface area (Å²) in [6, 6.07) is 15.4. The lowest BCUT2D eigenvalue weighted by Crippen LogP contribution is -2.30. The molecule has 2 aromatic carbocycles. The summed E-state index contributed by atoms with van der Waals surface area (Å²) in [6.45, 7) is 5.15. The van der Waals surface area contributed by atoms with Crippen molar-refractivity contribution in [2.75, 3.05) is 0 Å². The summed E-state index contributed by atoms with van der Waals surface area (Å²) in [5.74, 6) is 0.904. The summed E-state index contributed by atoms with van der Waals surface area (Å²) in [7, 11) is 0. The zero-order chi connectivity index (χ0) is 19.9. The minimum atomic E-state index is -0.154. The van der Waals surface area contributed by atoms with E-state index in [1.165, 1.54) is 19.3 Å². The zero-order valence-electron chi connectivity index (χ0n) is 16.6. The van der Waals surface area contributed by atoms with Crippen LogP contribution in [-0.4, -0.2) is 15.5 Å². The highest BCUT2D eigenvalue weighted by Crippen LogP contribution is 2.22. The molecule has 5 heteroatoms. The normalized spacial score (nSPS) is 12.2. The number of rotatable bonds is 9. The minimum Gasteiger partial charge on any atom is -0.346 e. The van der Waals surface area contributed by atoms with Crippen LogP contribution in [0.15, 0.2) is 48.5 Å². The summed E-state index contributed by atoms with van der Waals surface area (Å²) >= 11 is 5.92. The first kappa shape index (κ1) is 20.4. The number of nitrogens with zero attached hydrogens (tertiary/aromatic N) is 2. The first-order chi connectivity index (χ1) is 13.6. The average Bonchev–Trinajstić information content (AvgIpc) is 3.06. The highest BCUT2D eigenvalue weighted by molar-refractivity contribution is 6.30. The van der Waals surface area contributed by atoms with Crippen molar-refractivity contribution in [2.24, 2.45) is 0 Å². The summed E-state index contributed by atoms with van der Waals surface area (Å²) in [4.78, 5) is 17.3. The van der Waals surface area contributed by atoms with E-state index < -0.39 is 0 Å². The molecule has 0 aliphatic rings. The van der Waals surface area contributed by atoms with Crippen molar-refractivity contribution < 1.29 is 4.79 Å². The van der Waals surface area contributed by atoms with E-state index in [4.69, 9.17) is 16.6 Å². The minimum absolute atomic E-state index is 0.0144. The van der Waals surface area contributed by atoms with E-state index in [9.17, 15) is 4.79 Å². The molecular formula is C23H28ClN3O. The first-order valence-corrected chi connectivity index (χ1v) is 10.4. The van der Waals surface area contributed by atoms with E-state index in [0.29, 0.717) is 11.4 Å². The molecule has 1 atom stereocenters. The Morgan fingerprint density at radius 1 is 1.11 bits per heavy atom. The zero-order valence-corrected chi connectivity index (χ0v) is 17.4. The number of carbonyl (C=O) groups is 1. The predicted octanol–water partition coefficient (Wildman–Crippen LogP) is 5.69. The van der Waals surface area contributed by atoms with E-state index >= 15 is 0 Å². The number of nitrogens with one attached hydrogen (secondary N) is 1. The molecule has 1 unspecified atom stereocenters. The number of aryl methyl sites for hydroxylation is 1. The maximum absolute atomic E-state index is 12.5. The molecular weight excluding hydrogens is 370 g/mol. The van der Waals surface area contributed by atoms with Gasteiger partial charge in [-0.25, -0.2) is 4.98 Å². The molecule has 148 valence electrons. The van der Waals surface area contributed by atoms with Crippen molar-refractivity contribution in [3.8, 4) is 0 Å². The largest absolute Gasteiger partial charge is 0.346 e. The highest BCUT2D eigenvalue weighted by Gasteiger charge is 2.18. The standard InChI is InChI=1S/C23H28ClN3O/c1-3-4-5-8-15-27-21-10-7-6-9-20(21)26-23(27)17(2)25-22(28)16-18-11-13-19(24)14-12-18/h6-7,9-14,17H,3-5,8,15-16H2,1-2H3,(H,25,28). The van der Waals surface area contributed by atoms with Crippen molar-refractivity contribution in [1.29, 1.82) is 0 Å². The van der Waals surface area contributed by atoms with Crippen LogP contribution in [0.25, 0.3) is 11.0 Å². The van der Waals surface area contributed by atoms with Gasteiger partial charge in [0.2, 0.25) is 5.91 Å². The second-order valence-corrected chi connectivity index (χ2v) is 7.70. The van der Waals surface area contributed by atoms with Crippen LogP contribution < -0.4 is 5.32 Å². The van der Waals surface area contributed by atoms with Crippen LogP contribution in [0.3, 0.4) is 0 Å². The maximum Gasteiger partial charge on any atom is 0.224 e. The van der Waals surface area contributed by atoms with E-state index in [2.05, 4.69) is 22.9 Å². The monoisotopic (exact) mass is 397 g/mol. The maximum atomic E-state index is 12.5. The molecule has 3 aromatic rings. The quantitative estimate of drug-likeness (QED) is 0.471. The third-order valence-corrected chi connectivity index (χ3v) is 5.21. The molecule has 0 spiro atoms. The number of para-hydroxylation sites is 2. The lowest BCUT2D eigenvalue weighted by Gasteiger charge is -2.16. The first-order valence-electron chi connectivity index (χ1n) is 10.1. The van der Waals surface area contributed by atoms with Gasteiger partial charge >= 0.3 is 0 Å². The number of halogens is 1. The van der Waals surface area contributed by atoms with Gasteiger partial charge in [0, 0.05) is 11.6 Å². The SMILES string of the molecule is CCCCCCn1c(C(C)NC(=O)Cc2ccc(Cl)cc2)nc2ccccc21. The average molecular weight is 398 g/mol. The topological polar surface area (TPSA) is 46.9 Å². The molecule has 3 rings (SSSR count). The molecule has 1 N–H and O–H groups in total. The number of hydrogen-bond acceptors (Lipinski definition) is 2. The third kappa shape index (κ3) is 5.14. The number of aromatic nitrogens is 2. The fraction of sp³-hybridized carbons (Fsp3) is 0.391. The number of fused-ring (bicyclic) bond motifs is 1. The van der Waals surface area contributed by atoms with Gasteiger partial charge in [-0.3, -0.25) is 4.79 Å². The highest BCUT2D eigenvalue weighted by atomic mass is 35.5. The number of amides is 1. The van der Waals surface area contributed by atoms with Crippen molar-refractivity contribution in [3.05, 3.63) is 64.9 Å². The van der Waals surface area contributed by atoms with Gasteiger partial charge in [-0.05, 0) is 43.2 Å². The van der Waals surface area contributed by atoms with Gasteiger partial charge in [-0.1, -0.05) is 62.1 Å². The molecule has 28 heavy (non-hydrogen) atoms. The van der Waals surface area contributed by atoms with Crippen LogP contribution in [0.2, 0.25) is 5.02 Å². The van der Waals surface area contributed by atoms with Gasteiger partial charge in [0.05, 0.1) is 23.5 Å². The van der Waals surface area contributed by atoms with Gasteiger partial charge < -0.3 is 9.88 Å². The van der Waals surface area contributed by atoms with Crippen molar-refractivity contribution in [1.82, 2.24) is 14.9 Å². The fourth-order valence-corrected chi connectivity index (χ4v) is 3.63. The number of unbranched alkanes of at least 4 members (excludes halogenated alkanes) is 3. The molecule has 0 aliphatic heterocycles. The Hall–Kier alpha value is -2.33. The summed E-state index contributed by atoms with van der Waals surface area (Å²) in [5, 5.41) is 3.78. The Morgan fingerprint density at radius 2 is 1.86 bits per heavy atom. The molecule has 1 heterocycles. The fourth-order valence-electron chi connectivity index (χ4n) is 3.50. The van der Waals surface area contributed by atoms with Gasteiger partial charge in [0.15, 0.2) is 0 Å². The van der Waals surface area contributed by atoms with E-state index in [1.54, 1.807) is 0 Å². The predicted molar refractivity (Wildman–Crippen MR) is 116 cm³/mol. The molecule has 0 saturated heterocycles. The van der Waals surface area contributed by atoms with E-state index in [1.807, 2.05) is 49.4 Å². The van der Waals surface area contributed by atoms with Gasteiger partial charge in [0.1, 0.15) is 5.82 Å². The lowest BCUT2D eigenvalue weighted by molar-refractivity contribution is -0.121. The molecule has 0 aliphatic carbocycles. The van der Waals surface area contributed by atoms with Crippen molar-refractivity contribution in [3.63, 3.8) is 0 Å². The summed E-state index contributed by atoms with van der Waals surface area (Å²) in [6.07, 6.45) is 5.12.